The average molecular weight is 371 g/mol. The summed E-state index contributed by atoms with van der Waals surface area (Å²) in [4.78, 5) is 31.1. The molecule has 0 radical (unpaired) electrons. The minimum absolute atomic E-state index is 0.0658. The van der Waals surface area contributed by atoms with Gasteiger partial charge in [0.2, 0.25) is 5.91 Å². The minimum Gasteiger partial charge on any atom is -0.358 e. The third-order valence-electron chi connectivity index (χ3n) is 6.43. The number of rotatable bonds is 4. The van der Waals surface area contributed by atoms with Gasteiger partial charge in [0.1, 0.15) is 6.54 Å². The molecule has 4 fully saturated rings. The summed E-state index contributed by atoms with van der Waals surface area (Å²) in [5.41, 5.74) is 1.19. The highest BCUT2D eigenvalue weighted by Crippen LogP contribution is 2.43. The minimum atomic E-state index is -0.171. The molecule has 4 aliphatic rings. The summed E-state index contributed by atoms with van der Waals surface area (Å²) in [6.45, 7) is 6.24. The maximum Gasteiger partial charge on any atom is 0.317 e. The summed E-state index contributed by atoms with van der Waals surface area (Å²) < 4.78 is 0. The Morgan fingerprint density at radius 3 is 2.37 bits per heavy atom. The summed E-state index contributed by atoms with van der Waals surface area (Å²) in [7, 11) is 3.26. The molecule has 3 atom stereocenters. The van der Waals surface area contributed by atoms with Gasteiger partial charge in [-0.3, -0.25) is 4.79 Å². The van der Waals surface area contributed by atoms with E-state index in [1.807, 2.05) is 6.07 Å². The SMILES string of the molecule is CNC(=O)CN(C)C(=O)N[C@H]1C2CN3CCN(C2)CC1(c1ccccc1)C3. The summed E-state index contributed by atoms with van der Waals surface area (Å²) in [6, 6.07) is 10.5. The lowest BCUT2D eigenvalue weighted by Gasteiger charge is -2.56. The number of hydrogen-bond acceptors (Lipinski definition) is 4. The summed E-state index contributed by atoms with van der Waals surface area (Å²) in [5.74, 6) is 0.233. The first-order chi connectivity index (χ1) is 13.0. The lowest BCUT2D eigenvalue weighted by Crippen LogP contribution is -2.71. The number of amides is 3. The second kappa shape index (κ2) is 7.13. The van der Waals surface area contributed by atoms with E-state index in [4.69, 9.17) is 0 Å². The first kappa shape index (κ1) is 18.3. The van der Waals surface area contributed by atoms with Crippen LogP contribution >= 0.6 is 0 Å². The van der Waals surface area contributed by atoms with E-state index in [9.17, 15) is 9.59 Å². The topological polar surface area (TPSA) is 67.9 Å². The number of piperidine rings is 2. The molecule has 4 heterocycles. The molecule has 1 aromatic rings. The van der Waals surface area contributed by atoms with Crippen LogP contribution in [0.3, 0.4) is 0 Å². The van der Waals surface area contributed by atoms with Crippen molar-refractivity contribution in [2.24, 2.45) is 5.92 Å². The Kier molecular flexibility index (Phi) is 4.82. The standard InChI is InChI=1S/C20H29N5O2/c1-21-17(26)12-23(2)19(27)22-18-15-10-24-8-9-25(11-15)14-20(18,13-24)16-6-4-3-5-7-16/h3-7,15,18H,8-14H2,1-2H3,(H,21,26)(H,22,27)/t15?,18-,20?/m0/s1. The van der Waals surface area contributed by atoms with Crippen molar-refractivity contribution in [1.29, 1.82) is 0 Å². The van der Waals surface area contributed by atoms with Crippen LogP contribution in [0.4, 0.5) is 4.79 Å². The molecule has 0 aliphatic carbocycles. The van der Waals surface area contributed by atoms with Gasteiger partial charge in [0.15, 0.2) is 0 Å². The van der Waals surface area contributed by atoms with Gasteiger partial charge in [-0.25, -0.2) is 4.79 Å². The maximum atomic E-state index is 12.9. The van der Waals surface area contributed by atoms with Crippen molar-refractivity contribution >= 4 is 11.9 Å². The normalized spacial score (nSPS) is 34.0. The number of nitrogens with zero attached hydrogens (tertiary/aromatic N) is 3. The van der Waals surface area contributed by atoms with Gasteiger partial charge in [0.05, 0.1) is 0 Å². The molecular weight excluding hydrogens is 342 g/mol. The van der Waals surface area contributed by atoms with Gasteiger partial charge in [-0.2, -0.15) is 0 Å². The number of likely N-dealkylation sites (N-methyl/N-ethyl adjacent to an activating group) is 2. The highest BCUT2D eigenvalue weighted by molar-refractivity contribution is 5.83. The average Bonchev–Trinajstić information content (AvgIpc) is 2.93. The maximum absolute atomic E-state index is 12.9. The predicted molar refractivity (Wildman–Crippen MR) is 104 cm³/mol. The van der Waals surface area contributed by atoms with E-state index in [1.165, 1.54) is 10.5 Å². The second-order valence-electron chi connectivity index (χ2n) is 8.21. The molecule has 1 aromatic carbocycles. The number of urea groups is 1. The lowest BCUT2D eigenvalue weighted by atomic mass is 9.64. The highest BCUT2D eigenvalue weighted by atomic mass is 16.2. The van der Waals surface area contributed by atoms with Crippen molar-refractivity contribution in [3.8, 4) is 0 Å². The third-order valence-corrected chi connectivity index (χ3v) is 6.43. The molecule has 0 saturated carbocycles. The highest BCUT2D eigenvalue weighted by Gasteiger charge is 2.55. The Morgan fingerprint density at radius 2 is 1.78 bits per heavy atom. The van der Waals surface area contributed by atoms with Crippen LogP contribution in [0.1, 0.15) is 5.56 Å². The Morgan fingerprint density at radius 1 is 1.15 bits per heavy atom. The third kappa shape index (κ3) is 3.30. The zero-order valence-electron chi connectivity index (χ0n) is 16.1. The molecular formula is C20H29N5O2. The van der Waals surface area contributed by atoms with Crippen molar-refractivity contribution in [3.63, 3.8) is 0 Å². The monoisotopic (exact) mass is 371 g/mol. The Balaban J connectivity index is 1.62. The van der Waals surface area contributed by atoms with Gasteiger partial charge in [0.25, 0.3) is 0 Å². The van der Waals surface area contributed by atoms with Crippen molar-refractivity contribution < 1.29 is 9.59 Å². The molecule has 4 bridgehead atoms. The predicted octanol–water partition coefficient (Wildman–Crippen LogP) is -0.0586. The van der Waals surface area contributed by atoms with Crippen molar-refractivity contribution in [2.75, 3.05) is 59.9 Å². The van der Waals surface area contributed by atoms with Crippen LogP contribution in [0.2, 0.25) is 0 Å². The van der Waals surface area contributed by atoms with Crippen molar-refractivity contribution in [2.45, 2.75) is 11.5 Å². The van der Waals surface area contributed by atoms with Crippen LogP contribution in [-0.2, 0) is 10.2 Å². The van der Waals surface area contributed by atoms with Gasteiger partial charge < -0.3 is 25.3 Å². The molecule has 3 amide bonds. The van der Waals surface area contributed by atoms with E-state index >= 15 is 0 Å². The smallest absolute Gasteiger partial charge is 0.317 e. The number of fused-ring (bicyclic) bond motifs is 1. The van der Waals surface area contributed by atoms with E-state index < -0.39 is 0 Å². The summed E-state index contributed by atoms with van der Waals surface area (Å²) >= 11 is 0. The number of carbonyl (C=O) groups is 2. The fourth-order valence-electron chi connectivity index (χ4n) is 5.18. The number of carbonyl (C=O) groups excluding carboxylic acids is 2. The van der Waals surface area contributed by atoms with Crippen LogP contribution in [-0.4, -0.2) is 92.6 Å². The molecule has 0 aromatic heterocycles. The van der Waals surface area contributed by atoms with Crippen LogP contribution in [0, 0.1) is 5.92 Å². The van der Waals surface area contributed by atoms with Gasteiger partial charge in [-0.15, -0.1) is 0 Å². The van der Waals surface area contributed by atoms with E-state index in [0.29, 0.717) is 5.92 Å². The molecule has 7 heteroatoms. The molecule has 4 saturated heterocycles. The quantitative estimate of drug-likeness (QED) is 0.778. The fourth-order valence-corrected chi connectivity index (χ4v) is 5.18. The molecule has 7 nitrogen and oxygen atoms in total. The van der Waals surface area contributed by atoms with Crippen LogP contribution in [0.15, 0.2) is 30.3 Å². The zero-order chi connectivity index (χ0) is 19.0. The summed E-state index contributed by atoms with van der Waals surface area (Å²) in [5, 5.41) is 5.89. The Bertz CT molecular complexity index is 694. The van der Waals surface area contributed by atoms with Crippen molar-refractivity contribution in [1.82, 2.24) is 25.3 Å². The molecule has 27 heavy (non-hydrogen) atoms. The number of hydrogen-bond donors (Lipinski definition) is 2. The van der Waals surface area contributed by atoms with E-state index in [1.54, 1.807) is 14.1 Å². The van der Waals surface area contributed by atoms with Crippen LogP contribution in [0.25, 0.3) is 0 Å². The van der Waals surface area contributed by atoms with Gasteiger partial charge in [0, 0.05) is 70.7 Å². The van der Waals surface area contributed by atoms with E-state index in [0.717, 1.165) is 39.3 Å². The molecule has 5 rings (SSSR count). The number of benzene rings is 1. The van der Waals surface area contributed by atoms with E-state index in [2.05, 4.69) is 44.7 Å². The lowest BCUT2D eigenvalue weighted by molar-refractivity contribution is -0.121. The van der Waals surface area contributed by atoms with E-state index in [-0.39, 0.29) is 29.9 Å². The first-order valence-corrected chi connectivity index (χ1v) is 9.74. The Labute approximate surface area is 160 Å². The second-order valence-corrected chi connectivity index (χ2v) is 8.21. The number of nitrogens with one attached hydrogen (secondary N) is 2. The molecule has 0 spiro atoms. The fraction of sp³-hybridized carbons (Fsp3) is 0.600. The van der Waals surface area contributed by atoms with Gasteiger partial charge in [-0.05, 0) is 5.56 Å². The van der Waals surface area contributed by atoms with Crippen LogP contribution in [0.5, 0.6) is 0 Å². The largest absolute Gasteiger partial charge is 0.358 e. The van der Waals surface area contributed by atoms with Gasteiger partial charge >= 0.3 is 6.03 Å². The van der Waals surface area contributed by atoms with Crippen molar-refractivity contribution in [3.05, 3.63) is 35.9 Å². The van der Waals surface area contributed by atoms with Gasteiger partial charge in [-0.1, -0.05) is 30.3 Å². The Hall–Kier alpha value is -2.12. The molecule has 2 N–H and O–H groups in total. The first-order valence-electron chi connectivity index (χ1n) is 9.74. The van der Waals surface area contributed by atoms with Crippen LogP contribution < -0.4 is 10.6 Å². The zero-order valence-corrected chi connectivity index (χ0v) is 16.1. The molecule has 146 valence electrons. The molecule has 2 unspecified atom stereocenters. The molecule has 4 aliphatic heterocycles. The summed E-state index contributed by atoms with van der Waals surface area (Å²) in [6.07, 6.45) is 0.